The van der Waals surface area contributed by atoms with E-state index in [0.29, 0.717) is 0 Å². The van der Waals surface area contributed by atoms with E-state index in [-0.39, 0.29) is 6.09 Å². The van der Waals surface area contributed by atoms with Gasteiger partial charge in [0.15, 0.2) is 0 Å². The number of rotatable bonds is 3. The highest BCUT2D eigenvalue weighted by molar-refractivity contribution is 5.67. The Balaban J connectivity index is 2.09. The number of hydrogen-bond donors (Lipinski definition) is 1. The van der Waals surface area contributed by atoms with Gasteiger partial charge < -0.3 is 15.0 Å². The third-order valence-corrected chi connectivity index (χ3v) is 3.06. The molecule has 1 heterocycles. The molecule has 0 unspecified atom stereocenters. The standard InChI is InChI=1S/C13H26N2O2/c1-13(2,3)17-12(16)14-8-5-11-6-9-15(4)10-7-11/h11H,5-10H2,1-4H3,(H,14,16). The summed E-state index contributed by atoms with van der Waals surface area (Å²) in [6.45, 7) is 8.72. The SMILES string of the molecule is CN1CCC(CCNC(=O)OC(C)(C)C)CC1. The van der Waals surface area contributed by atoms with Crippen molar-refractivity contribution in [2.24, 2.45) is 5.92 Å². The van der Waals surface area contributed by atoms with Crippen molar-refractivity contribution in [2.75, 3.05) is 26.7 Å². The summed E-state index contributed by atoms with van der Waals surface area (Å²) >= 11 is 0. The van der Waals surface area contributed by atoms with Gasteiger partial charge in [0.05, 0.1) is 0 Å². The number of nitrogens with one attached hydrogen (secondary N) is 1. The van der Waals surface area contributed by atoms with Crippen LogP contribution in [0.15, 0.2) is 0 Å². The molecule has 0 spiro atoms. The van der Waals surface area contributed by atoms with Crippen molar-refractivity contribution in [3.63, 3.8) is 0 Å². The van der Waals surface area contributed by atoms with Crippen LogP contribution in [-0.2, 0) is 4.74 Å². The van der Waals surface area contributed by atoms with Gasteiger partial charge in [-0.2, -0.15) is 0 Å². The van der Waals surface area contributed by atoms with Crippen LogP contribution in [0.2, 0.25) is 0 Å². The molecule has 1 rings (SSSR count). The molecule has 0 aromatic rings. The fourth-order valence-corrected chi connectivity index (χ4v) is 2.04. The second-order valence-corrected chi connectivity index (χ2v) is 5.96. The van der Waals surface area contributed by atoms with Gasteiger partial charge >= 0.3 is 6.09 Å². The number of ether oxygens (including phenoxy) is 1. The van der Waals surface area contributed by atoms with E-state index in [4.69, 9.17) is 4.74 Å². The lowest BCUT2D eigenvalue weighted by Crippen LogP contribution is -2.35. The molecule has 4 nitrogen and oxygen atoms in total. The van der Waals surface area contributed by atoms with Crippen molar-refractivity contribution in [3.8, 4) is 0 Å². The van der Waals surface area contributed by atoms with Crippen LogP contribution in [0, 0.1) is 5.92 Å². The first kappa shape index (κ1) is 14.3. The highest BCUT2D eigenvalue weighted by atomic mass is 16.6. The summed E-state index contributed by atoms with van der Waals surface area (Å²) in [5.74, 6) is 0.751. The Morgan fingerprint density at radius 1 is 1.35 bits per heavy atom. The minimum atomic E-state index is -0.405. The monoisotopic (exact) mass is 242 g/mol. The van der Waals surface area contributed by atoms with Crippen molar-refractivity contribution in [3.05, 3.63) is 0 Å². The normalized spacial score (nSPS) is 19.1. The molecule has 4 heteroatoms. The molecule has 0 aromatic carbocycles. The van der Waals surface area contributed by atoms with E-state index in [1.54, 1.807) is 0 Å². The van der Waals surface area contributed by atoms with E-state index in [2.05, 4.69) is 17.3 Å². The molecule has 1 amide bonds. The molecular weight excluding hydrogens is 216 g/mol. The van der Waals surface area contributed by atoms with E-state index in [9.17, 15) is 4.79 Å². The van der Waals surface area contributed by atoms with Crippen LogP contribution in [-0.4, -0.2) is 43.3 Å². The van der Waals surface area contributed by atoms with Crippen LogP contribution in [0.3, 0.4) is 0 Å². The smallest absolute Gasteiger partial charge is 0.407 e. The summed E-state index contributed by atoms with van der Waals surface area (Å²) in [5.41, 5.74) is -0.405. The van der Waals surface area contributed by atoms with Gasteiger partial charge in [0.2, 0.25) is 0 Å². The molecule has 1 aliphatic rings. The molecule has 0 saturated carbocycles. The van der Waals surface area contributed by atoms with Crippen molar-refractivity contribution in [1.82, 2.24) is 10.2 Å². The average molecular weight is 242 g/mol. The maximum absolute atomic E-state index is 11.4. The van der Waals surface area contributed by atoms with E-state index in [1.807, 2.05) is 20.8 Å². The minimum Gasteiger partial charge on any atom is -0.444 e. The molecule has 1 N–H and O–H groups in total. The topological polar surface area (TPSA) is 41.6 Å². The number of piperidine rings is 1. The zero-order chi connectivity index (χ0) is 12.9. The van der Waals surface area contributed by atoms with E-state index >= 15 is 0 Å². The van der Waals surface area contributed by atoms with E-state index in [1.165, 1.54) is 25.9 Å². The van der Waals surface area contributed by atoms with Gasteiger partial charge in [-0.05, 0) is 66.1 Å². The summed E-state index contributed by atoms with van der Waals surface area (Å²) in [4.78, 5) is 13.8. The van der Waals surface area contributed by atoms with Gasteiger partial charge in [0.25, 0.3) is 0 Å². The molecule has 0 aliphatic carbocycles. The van der Waals surface area contributed by atoms with E-state index < -0.39 is 5.60 Å². The maximum atomic E-state index is 11.4. The summed E-state index contributed by atoms with van der Waals surface area (Å²) in [5, 5.41) is 2.82. The van der Waals surface area contributed by atoms with Crippen molar-refractivity contribution in [2.45, 2.75) is 45.6 Å². The van der Waals surface area contributed by atoms with Gasteiger partial charge in [0, 0.05) is 6.54 Å². The molecule has 1 aliphatic heterocycles. The molecule has 0 bridgehead atoms. The number of nitrogens with zero attached hydrogens (tertiary/aromatic N) is 1. The summed E-state index contributed by atoms with van der Waals surface area (Å²) in [6.07, 6.45) is 3.25. The Hall–Kier alpha value is -0.770. The quantitative estimate of drug-likeness (QED) is 0.825. The molecule has 100 valence electrons. The third-order valence-electron chi connectivity index (χ3n) is 3.06. The summed E-state index contributed by atoms with van der Waals surface area (Å²) in [6, 6.07) is 0. The second-order valence-electron chi connectivity index (χ2n) is 5.96. The molecule has 0 radical (unpaired) electrons. The predicted octanol–water partition coefficient (Wildman–Crippen LogP) is 2.24. The average Bonchev–Trinajstić information content (AvgIpc) is 2.18. The van der Waals surface area contributed by atoms with Crippen LogP contribution >= 0.6 is 0 Å². The number of alkyl carbamates (subject to hydrolysis) is 1. The number of hydrogen-bond acceptors (Lipinski definition) is 3. The lowest BCUT2D eigenvalue weighted by atomic mass is 9.94. The molecule has 17 heavy (non-hydrogen) atoms. The van der Waals surface area contributed by atoms with Gasteiger partial charge in [-0.3, -0.25) is 0 Å². The number of carbonyl (C=O) groups excluding carboxylic acids is 1. The largest absolute Gasteiger partial charge is 0.444 e. The zero-order valence-corrected chi connectivity index (χ0v) is 11.6. The first-order valence-corrected chi connectivity index (χ1v) is 6.52. The summed E-state index contributed by atoms with van der Waals surface area (Å²) in [7, 11) is 2.16. The Bertz CT molecular complexity index is 240. The van der Waals surface area contributed by atoms with Gasteiger partial charge in [0.1, 0.15) is 5.60 Å². The fraction of sp³-hybridized carbons (Fsp3) is 0.923. The fourth-order valence-electron chi connectivity index (χ4n) is 2.04. The Morgan fingerprint density at radius 2 is 1.94 bits per heavy atom. The maximum Gasteiger partial charge on any atom is 0.407 e. The van der Waals surface area contributed by atoms with Crippen molar-refractivity contribution in [1.29, 1.82) is 0 Å². The van der Waals surface area contributed by atoms with Crippen LogP contribution < -0.4 is 5.32 Å². The molecule has 0 atom stereocenters. The Morgan fingerprint density at radius 3 is 2.47 bits per heavy atom. The first-order chi connectivity index (χ1) is 7.87. The van der Waals surface area contributed by atoms with Gasteiger partial charge in [-0.1, -0.05) is 0 Å². The molecule has 1 fully saturated rings. The molecular formula is C13H26N2O2. The van der Waals surface area contributed by atoms with Crippen molar-refractivity contribution < 1.29 is 9.53 Å². The second kappa shape index (κ2) is 6.24. The number of amides is 1. The minimum absolute atomic E-state index is 0.301. The highest BCUT2D eigenvalue weighted by Gasteiger charge is 2.18. The molecule has 0 aromatic heterocycles. The predicted molar refractivity (Wildman–Crippen MR) is 69.1 cm³/mol. The van der Waals surface area contributed by atoms with Crippen LogP contribution in [0.1, 0.15) is 40.0 Å². The Labute approximate surface area is 105 Å². The number of likely N-dealkylation sites (tertiary alicyclic amines) is 1. The van der Waals surface area contributed by atoms with E-state index in [0.717, 1.165) is 18.9 Å². The van der Waals surface area contributed by atoms with Crippen molar-refractivity contribution >= 4 is 6.09 Å². The molecule has 1 saturated heterocycles. The third kappa shape index (κ3) is 6.51. The van der Waals surface area contributed by atoms with Gasteiger partial charge in [-0.25, -0.2) is 4.79 Å². The van der Waals surface area contributed by atoms with Crippen LogP contribution in [0.5, 0.6) is 0 Å². The van der Waals surface area contributed by atoms with Crippen LogP contribution in [0.25, 0.3) is 0 Å². The summed E-state index contributed by atoms with van der Waals surface area (Å²) < 4.78 is 5.19. The van der Waals surface area contributed by atoms with Crippen LogP contribution in [0.4, 0.5) is 4.79 Å². The highest BCUT2D eigenvalue weighted by Crippen LogP contribution is 2.18. The lowest BCUT2D eigenvalue weighted by Gasteiger charge is -2.29. The van der Waals surface area contributed by atoms with Gasteiger partial charge in [-0.15, -0.1) is 0 Å². The zero-order valence-electron chi connectivity index (χ0n) is 11.6. The Kier molecular flexibility index (Phi) is 5.25. The number of carbonyl (C=O) groups is 1. The first-order valence-electron chi connectivity index (χ1n) is 6.52. The lowest BCUT2D eigenvalue weighted by molar-refractivity contribution is 0.0523.